The quantitative estimate of drug-likeness (QED) is 0.0153. The van der Waals surface area contributed by atoms with Gasteiger partial charge in [-0.3, -0.25) is 0 Å². The van der Waals surface area contributed by atoms with Gasteiger partial charge >= 0.3 is 31.3 Å². The summed E-state index contributed by atoms with van der Waals surface area (Å²) in [4.78, 5) is 44.1. The van der Waals surface area contributed by atoms with Crippen molar-refractivity contribution in [2.45, 2.75) is 77.7 Å². The van der Waals surface area contributed by atoms with Crippen LogP contribution in [0.4, 0.5) is 9.59 Å². The fourth-order valence-corrected chi connectivity index (χ4v) is 6.76. The Morgan fingerprint density at radius 2 is 1.14 bits per heavy atom. The molecule has 65 heavy (non-hydrogen) atoms. The highest BCUT2D eigenvalue weighted by atomic mass is 35.5. The van der Waals surface area contributed by atoms with Crippen molar-refractivity contribution in [2.75, 3.05) is 26.1 Å². The highest BCUT2D eigenvalue weighted by Crippen LogP contribution is 2.26. The molecule has 0 aliphatic heterocycles. The third-order valence-electron chi connectivity index (χ3n) is 9.08. The van der Waals surface area contributed by atoms with E-state index in [1.165, 1.54) is 0 Å². The summed E-state index contributed by atoms with van der Waals surface area (Å²) >= 11 is 17.1. The highest BCUT2D eigenvalue weighted by Gasteiger charge is 2.25. The number of hydrogen-bond donors (Lipinski definition) is 6. The fourth-order valence-electron chi connectivity index (χ4n) is 6.29. The molecule has 4 aromatic carbocycles. The Labute approximate surface area is 395 Å². The van der Waals surface area contributed by atoms with E-state index in [1.54, 1.807) is 27.5 Å². The van der Waals surface area contributed by atoms with Gasteiger partial charge in [-0.2, -0.15) is 0 Å². The minimum Gasteiger partial charge on any atom is -0.479 e. The summed E-state index contributed by atoms with van der Waals surface area (Å²) in [5.74, 6) is -2.28. The average Bonchev–Trinajstić information content (AvgIpc) is 3.24. The molecule has 0 unspecified atom stereocenters. The van der Waals surface area contributed by atoms with E-state index < -0.39 is 63.3 Å². The first-order valence-corrected chi connectivity index (χ1v) is 22.0. The zero-order valence-corrected chi connectivity index (χ0v) is 38.9. The number of aliphatic carboxylic acids is 1. The second-order valence-electron chi connectivity index (χ2n) is 14.5. The van der Waals surface area contributed by atoms with Crippen LogP contribution in [0.1, 0.15) is 37.8 Å². The van der Waals surface area contributed by atoms with Crippen LogP contribution in [0.25, 0.3) is 22.3 Å². The number of hydrogen-bond acceptors (Lipinski definition) is 14. The number of rotatable bonds is 21. The lowest BCUT2D eigenvalue weighted by molar-refractivity contribution is -0.163. The first-order valence-electron chi connectivity index (χ1n) is 20.7. The topological polar surface area (TPSA) is 228 Å². The molecule has 20 heteroatoms. The largest absolute Gasteiger partial charge is 0.511 e. The molecular formula is C45H56B2Cl3NO14. The van der Waals surface area contributed by atoms with Crippen molar-refractivity contribution in [1.29, 1.82) is 0 Å². The van der Waals surface area contributed by atoms with Crippen LogP contribution in [0.15, 0.2) is 97.1 Å². The molecule has 0 bridgehead atoms. The van der Waals surface area contributed by atoms with E-state index in [-0.39, 0.29) is 31.4 Å². The van der Waals surface area contributed by atoms with Crippen LogP contribution in [0.3, 0.4) is 0 Å². The van der Waals surface area contributed by atoms with Crippen LogP contribution in [0, 0.1) is 5.92 Å². The number of carboxylic acid groups (broad SMARTS) is 1. The molecule has 4 rings (SSSR count). The summed E-state index contributed by atoms with van der Waals surface area (Å²) < 4.78 is 22.3. The summed E-state index contributed by atoms with van der Waals surface area (Å²) in [5.41, 5.74) is 6.05. The normalized spacial score (nSPS) is 12.3. The maximum atomic E-state index is 12.0. The number of carbonyl (C=O) groups is 4. The van der Waals surface area contributed by atoms with Gasteiger partial charge in [0.15, 0.2) is 18.3 Å². The molecule has 0 aliphatic rings. The van der Waals surface area contributed by atoms with Gasteiger partial charge in [0.25, 0.3) is 6.92 Å². The third-order valence-corrected chi connectivity index (χ3v) is 9.66. The van der Waals surface area contributed by atoms with E-state index >= 15 is 0 Å². The molecule has 0 radical (unpaired) electrons. The second-order valence-corrected chi connectivity index (χ2v) is 15.6. The maximum Gasteiger partial charge on any atom is 0.511 e. The Kier molecular flexibility index (Phi) is 27.0. The standard InChI is InChI=1S/C22H27BClNO7.C19H22BClO4.C4H7ClO3/c1-3-30-22(28)32-14-31-21(27)20(26)13-19(25-23(2)29)11-15-7-9-16(10-8-15)17-5-4-6-18(24)12-17;1-20(25)12-14(10-18(22)19(23)24)9-13-5-7-15(8-6-13)16-3-2-4-17(21)11-16;1-2-7-4(6)8-3-5/h4-10,12,19-20,25-26,29H,3,11,13-14H2,1-2H3;2-8,11,14,18,22,25H,9-10,12H2,1H3,(H,23,24);2-3H2,1H3/t19-,20-;14-,18-;/m11./s1. The number of carboxylic acids is 1. The van der Waals surface area contributed by atoms with Crippen LogP contribution < -0.4 is 5.23 Å². The summed E-state index contributed by atoms with van der Waals surface area (Å²) in [6, 6.07) is 30.3. The lowest BCUT2D eigenvalue weighted by Gasteiger charge is -2.22. The monoisotopic (exact) mass is 961 g/mol. The molecule has 0 spiro atoms. The van der Waals surface area contributed by atoms with Gasteiger partial charge < -0.3 is 54.3 Å². The lowest BCUT2D eigenvalue weighted by Crippen LogP contribution is -2.44. The first-order chi connectivity index (χ1) is 30.9. The van der Waals surface area contributed by atoms with Crippen molar-refractivity contribution in [3.8, 4) is 22.3 Å². The van der Waals surface area contributed by atoms with E-state index in [0.717, 1.165) is 33.4 Å². The van der Waals surface area contributed by atoms with Crippen LogP contribution in [0.2, 0.25) is 30.0 Å². The SMILES string of the molecule is CB(O)C[C@H](Cc1ccc(-c2cccc(Cl)c2)cc1)C[C@@H](O)C(=O)O.CCOC(=O)OCCl.CCOC(=O)OCOC(=O)[C@H](O)C[C@@H](Cc1ccc(-c2cccc(Cl)c2)cc1)NB(C)O. The van der Waals surface area contributed by atoms with Gasteiger partial charge in [-0.25, -0.2) is 19.2 Å². The molecule has 0 aliphatic carbocycles. The Morgan fingerprint density at radius 1 is 0.646 bits per heavy atom. The zero-order valence-electron chi connectivity index (χ0n) is 36.6. The van der Waals surface area contributed by atoms with Gasteiger partial charge in [-0.05, 0) is 116 Å². The van der Waals surface area contributed by atoms with Crippen molar-refractivity contribution >= 4 is 73.0 Å². The average molecular weight is 963 g/mol. The summed E-state index contributed by atoms with van der Waals surface area (Å²) in [6.45, 7) is 5.76. The maximum absolute atomic E-state index is 12.0. The third kappa shape index (κ3) is 23.8. The Morgan fingerprint density at radius 3 is 1.57 bits per heavy atom. The van der Waals surface area contributed by atoms with Gasteiger partial charge in [-0.1, -0.05) is 114 Å². The molecule has 0 amide bonds. The molecule has 352 valence electrons. The van der Waals surface area contributed by atoms with Crippen LogP contribution >= 0.6 is 34.8 Å². The lowest BCUT2D eigenvalue weighted by atomic mass is 9.62. The van der Waals surface area contributed by atoms with E-state index in [9.17, 15) is 39.4 Å². The van der Waals surface area contributed by atoms with Crippen LogP contribution in [0.5, 0.6) is 0 Å². The minimum absolute atomic E-state index is 0.0147. The Bertz CT molecular complexity index is 2020. The molecule has 4 aromatic rings. The van der Waals surface area contributed by atoms with Crippen molar-refractivity contribution in [2.24, 2.45) is 5.92 Å². The van der Waals surface area contributed by atoms with Crippen molar-refractivity contribution in [3.05, 3.63) is 118 Å². The summed E-state index contributed by atoms with van der Waals surface area (Å²) in [5, 5.41) is 52.3. The number of alkyl halides is 1. The van der Waals surface area contributed by atoms with Crippen molar-refractivity contribution < 1.29 is 68.2 Å². The molecule has 0 saturated carbocycles. The minimum atomic E-state index is -1.47. The number of ether oxygens (including phenoxy) is 5. The molecule has 0 heterocycles. The van der Waals surface area contributed by atoms with Crippen molar-refractivity contribution in [1.82, 2.24) is 5.23 Å². The molecule has 0 fully saturated rings. The van der Waals surface area contributed by atoms with Crippen molar-refractivity contribution in [3.63, 3.8) is 0 Å². The van der Waals surface area contributed by atoms with Crippen LogP contribution in [-0.4, -0.2) is 108 Å². The molecular weight excluding hydrogens is 906 g/mol. The Balaban J connectivity index is 0.000000390. The number of halogens is 3. The predicted octanol–water partition coefficient (Wildman–Crippen LogP) is 8.01. The van der Waals surface area contributed by atoms with Gasteiger partial charge in [0, 0.05) is 16.1 Å². The van der Waals surface area contributed by atoms with E-state index in [0.29, 0.717) is 35.8 Å². The van der Waals surface area contributed by atoms with Gasteiger partial charge in [0.2, 0.25) is 6.79 Å². The van der Waals surface area contributed by atoms with Crippen LogP contribution in [-0.2, 0) is 46.1 Å². The molecule has 0 saturated heterocycles. The van der Waals surface area contributed by atoms with E-state index in [1.807, 2.05) is 97.1 Å². The van der Waals surface area contributed by atoms with E-state index in [2.05, 4.69) is 24.2 Å². The number of aliphatic hydroxyl groups is 2. The number of aliphatic hydroxyl groups excluding tert-OH is 2. The Hall–Kier alpha value is -4.84. The fraction of sp³-hybridized carbons (Fsp3) is 0.378. The van der Waals surface area contributed by atoms with E-state index in [4.69, 9.17) is 44.6 Å². The highest BCUT2D eigenvalue weighted by molar-refractivity contribution is 6.48. The summed E-state index contributed by atoms with van der Waals surface area (Å²) in [6.07, 6.45) is -2.96. The zero-order chi connectivity index (χ0) is 48.3. The van der Waals surface area contributed by atoms with Gasteiger partial charge in [0.05, 0.1) is 13.2 Å². The molecule has 15 nitrogen and oxygen atoms in total. The molecule has 6 N–H and O–H groups in total. The summed E-state index contributed by atoms with van der Waals surface area (Å²) in [7, 11) is -0.846. The smallest absolute Gasteiger partial charge is 0.479 e. The number of nitrogens with one attached hydrogen (secondary N) is 1. The van der Waals surface area contributed by atoms with Gasteiger partial charge in [-0.15, -0.1) is 0 Å². The predicted molar refractivity (Wildman–Crippen MR) is 251 cm³/mol. The number of benzene rings is 4. The molecule has 0 aromatic heterocycles. The molecule has 4 atom stereocenters. The second kappa shape index (κ2) is 31.1. The number of carbonyl (C=O) groups excluding carboxylic acids is 3. The first kappa shape index (κ1) is 56.3. The van der Waals surface area contributed by atoms with Gasteiger partial charge in [0.1, 0.15) is 0 Å². The number of esters is 1.